The molecule has 2 aromatic carbocycles. The third-order valence-electron chi connectivity index (χ3n) is 4.50. The molecule has 0 fully saturated rings. The van der Waals surface area contributed by atoms with Gasteiger partial charge in [0.15, 0.2) is 11.5 Å². The van der Waals surface area contributed by atoms with Gasteiger partial charge in [-0.3, -0.25) is 4.90 Å². The first-order valence-electron chi connectivity index (χ1n) is 9.18. The van der Waals surface area contributed by atoms with Crippen LogP contribution in [0.15, 0.2) is 45.7 Å². The van der Waals surface area contributed by atoms with Crippen LogP contribution in [0.2, 0.25) is 0 Å². The molecule has 3 aromatic rings. The highest BCUT2D eigenvalue weighted by atomic mass is 32.2. The average Bonchev–Trinajstić information content (AvgIpc) is 3.13. The molecule has 1 heterocycles. The van der Waals surface area contributed by atoms with Gasteiger partial charge >= 0.3 is 0 Å². The fourth-order valence-corrected chi connectivity index (χ4v) is 3.62. The quantitative estimate of drug-likeness (QED) is 0.345. The molecule has 0 saturated heterocycles. The van der Waals surface area contributed by atoms with Crippen LogP contribution in [-0.4, -0.2) is 49.3 Å². The molecule has 0 aliphatic heterocycles. The Hall–Kier alpha value is -2.49. The van der Waals surface area contributed by atoms with Gasteiger partial charge < -0.3 is 18.6 Å². The van der Waals surface area contributed by atoms with Gasteiger partial charge in [-0.1, -0.05) is 12.1 Å². The molecule has 0 unspecified atom stereocenters. The first-order valence-corrected chi connectivity index (χ1v) is 10.8. The molecule has 0 saturated carbocycles. The largest absolute Gasteiger partial charge is 0.493 e. The van der Waals surface area contributed by atoms with Gasteiger partial charge in [-0.25, -0.2) is 4.68 Å². The monoisotopic (exact) mass is 447 g/mol. The summed E-state index contributed by atoms with van der Waals surface area (Å²) >= 11 is 7.11. The lowest BCUT2D eigenvalue weighted by Crippen LogP contribution is -2.22. The molecule has 160 valence electrons. The summed E-state index contributed by atoms with van der Waals surface area (Å²) in [4.78, 5) is 3.66. The van der Waals surface area contributed by atoms with E-state index in [1.165, 1.54) is 10.5 Å². The predicted molar refractivity (Wildman–Crippen MR) is 120 cm³/mol. The number of rotatable bonds is 9. The lowest BCUT2D eigenvalue weighted by molar-refractivity contribution is 0.240. The maximum absolute atomic E-state index is 5.74. The van der Waals surface area contributed by atoms with E-state index in [2.05, 4.69) is 40.5 Å². The maximum atomic E-state index is 5.74. The minimum atomic E-state index is 0.295. The van der Waals surface area contributed by atoms with Gasteiger partial charge in [0.2, 0.25) is 11.6 Å². The van der Waals surface area contributed by atoms with Crippen LogP contribution in [0.3, 0.4) is 0 Å². The highest BCUT2D eigenvalue weighted by Gasteiger charge is 2.18. The van der Waals surface area contributed by atoms with E-state index >= 15 is 0 Å². The smallest absolute Gasteiger partial charge is 0.288 e. The molecule has 30 heavy (non-hydrogen) atoms. The van der Waals surface area contributed by atoms with Gasteiger partial charge in [0.1, 0.15) is 0 Å². The Morgan fingerprint density at radius 2 is 1.70 bits per heavy atom. The molecule has 0 atom stereocenters. The van der Waals surface area contributed by atoms with Gasteiger partial charge in [-0.15, -0.1) is 16.9 Å². The lowest BCUT2D eigenvalue weighted by Gasteiger charge is -2.16. The Balaban J connectivity index is 1.80. The standard InChI is InChI=1S/C21H25N3O4S2/c1-23(12-14-6-8-16(30-5)9-7-14)13-24-21(29)28-20(22-24)15-10-17(25-2)19(27-4)18(11-15)26-3/h6-11H,12-13H2,1-5H3. The van der Waals surface area contributed by atoms with Crippen molar-refractivity contribution in [3.05, 3.63) is 46.8 Å². The first-order chi connectivity index (χ1) is 14.5. The summed E-state index contributed by atoms with van der Waals surface area (Å²) < 4.78 is 23.6. The van der Waals surface area contributed by atoms with E-state index < -0.39 is 0 Å². The fraction of sp³-hybridized carbons (Fsp3) is 0.333. The molecule has 0 bridgehead atoms. The van der Waals surface area contributed by atoms with Crippen LogP contribution in [-0.2, 0) is 13.2 Å². The molecule has 0 aliphatic carbocycles. The third kappa shape index (κ3) is 4.97. The molecule has 7 nitrogen and oxygen atoms in total. The van der Waals surface area contributed by atoms with Crippen molar-refractivity contribution in [2.45, 2.75) is 18.1 Å². The highest BCUT2D eigenvalue weighted by molar-refractivity contribution is 7.98. The molecule has 3 rings (SSSR count). The SMILES string of the molecule is COc1cc(-c2nn(CN(C)Cc3ccc(SC)cc3)c(=S)o2)cc(OC)c1OC. The Kier molecular flexibility index (Phi) is 7.41. The van der Waals surface area contributed by atoms with Gasteiger partial charge in [-0.2, -0.15) is 0 Å². The number of aromatic nitrogens is 2. The van der Waals surface area contributed by atoms with Crippen molar-refractivity contribution in [3.8, 4) is 28.7 Å². The minimum Gasteiger partial charge on any atom is -0.493 e. The summed E-state index contributed by atoms with van der Waals surface area (Å²) in [6.45, 7) is 1.26. The number of ether oxygens (including phenoxy) is 3. The predicted octanol–water partition coefficient (Wildman–Crippen LogP) is 4.71. The van der Waals surface area contributed by atoms with E-state index in [1.54, 1.807) is 49.9 Å². The molecule has 0 spiro atoms. The van der Waals surface area contributed by atoms with E-state index in [1.807, 2.05) is 7.05 Å². The molecule has 1 aromatic heterocycles. The minimum absolute atomic E-state index is 0.295. The van der Waals surface area contributed by atoms with Crippen LogP contribution < -0.4 is 14.2 Å². The van der Waals surface area contributed by atoms with E-state index in [4.69, 9.17) is 30.8 Å². The number of thioether (sulfide) groups is 1. The van der Waals surface area contributed by atoms with Gasteiger partial charge in [-0.05, 0) is 55.4 Å². The zero-order chi connectivity index (χ0) is 21.7. The van der Waals surface area contributed by atoms with E-state index in [0.29, 0.717) is 40.2 Å². The topological polar surface area (TPSA) is 61.9 Å². The molecular formula is C21H25N3O4S2. The van der Waals surface area contributed by atoms with Gasteiger partial charge in [0, 0.05) is 17.0 Å². The van der Waals surface area contributed by atoms with Crippen LogP contribution in [0.5, 0.6) is 17.2 Å². The van der Waals surface area contributed by atoms with E-state index in [9.17, 15) is 0 Å². The number of benzene rings is 2. The normalized spacial score (nSPS) is 11.0. The van der Waals surface area contributed by atoms with Crippen molar-refractivity contribution < 1.29 is 18.6 Å². The number of hydrogen-bond acceptors (Lipinski definition) is 8. The lowest BCUT2D eigenvalue weighted by atomic mass is 10.2. The third-order valence-corrected chi connectivity index (χ3v) is 5.54. The van der Waals surface area contributed by atoms with Crippen LogP contribution >= 0.6 is 24.0 Å². The van der Waals surface area contributed by atoms with Crippen molar-refractivity contribution in [1.82, 2.24) is 14.7 Å². The van der Waals surface area contributed by atoms with Crippen molar-refractivity contribution >= 4 is 24.0 Å². The summed E-state index contributed by atoms with van der Waals surface area (Å²) in [5.74, 6) is 1.94. The molecule has 0 amide bonds. The number of methoxy groups -OCH3 is 3. The maximum Gasteiger partial charge on any atom is 0.288 e. The van der Waals surface area contributed by atoms with Crippen molar-refractivity contribution in [3.63, 3.8) is 0 Å². The van der Waals surface area contributed by atoms with Crippen molar-refractivity contribution in [2.24, 2.45) is 0 Å². The van der Waals surface area contributed by atoms with Gasteiger partial charge in [0.05, 0.1) is 28.0 Å². The van der Waals surface area contributed by atoms with E-state index in [0.717, 1.165) is 6.54 Å². The zero-order valence-corrected chi connectivity index (χ0v) is 19.3. The summed E-state index contributed by atoms with van der Waals surface area (Å²) in [7, 11) is 6.70. The second-order valence-electron chi connectivity index (χ2n) is 6.59. The summed E-state index contributed by atoms with van der Waals surface area (Å²) in [6, 6.07) is 12.1. The Labute approximate surface area is 185 Å². The zero-order valence-electron chi connectivity index (χ0n) is 17.7. The Morgan fingerprint density at radius 1 is 1.07 bits per heavy atom. The molecule has 0 N–H and O–H groups in total. The number of hydrogen-bond donors (Lipinski definition) is 0. The molecule has 9 heteroatoms. The van der Waals surface area contributed by atoms with Crippen LogP contribution in [0.25, 0.3) is 11.5 Å². The van der Waals surface area contributed by atoms with Crippen molar-refractivity contribution in [1.29, 1.82) is 0 Å². The first kappa shape index (κ1) is 22.2. The molecule has 0 aliphatic rings. The van der Waals surface area contributed by atoms with Crippen LogP contribution in [0.1, 0.15) is 5.56 Å². The van der Waals surface area contributed by atoms with Crippen LogP contribution in [0, 0.1) is 4.84 Å². The average molecular weight is 448 g/mol. The number of nitrogens with zero attached hydrogens (tertiary/aromatic N) is 3. The highest BCUT2D eigenvalue weighted by Crippen LogP contribution is 2.40. The second-order valence-corrected chi connectivity index (χ2v) is 7.82. The summed E-state index contributed by atoms with van der Waals surface area (Å²) in [5, 5.41) is 4.54. The Morgan fingerprint density at radius 3 is 2.23 bits per heavy atom. The summed E-state index contributed by atoms with van der Waals surface area (Å²) in [6.07, 6.45) is 2.07. The van der Waals surface area contributed by atoms with Crippen molar-refractivity contribution in [2.75, 3.05) is 34.6 Å². The second kappa shape index (κ2) is 10.0. The molecular weight excluding hydrogens is 422 g/mol. The van der Waals surface area contributed by atoms with Gasteiger partial charge in [0.25, 0.3) is 4.84 Å². The fourth-order valence-electron chi connectivity index (χ4n) is 3.04. The Bertz CT molecular complexity index is 1020. The van der Waals surface area contributed by atoms with E-state index in [-0.39, 0.29) is 0 Å². The summed E-state index contributed by atoms with van der Waals surface area (Å²) in [5.41, 5.74) is 1.90. The van der Waals surface area contributed by atoms with Crippen LogP contribution in [0.4, 0.5) is 0 Å². The molecule has 0 radical (unpaired) electrons.